The van der Waals surface area contributed by atoms with Crippen LogP contribution in [0, 0.1) is 17.8 Å². The Balaban J connectivity index is 0.00000161. The zero-order valence-electron chi connectivity index (χ0n) is 12.8. The number of hydrogen-bond donors (Lipinski definition) is 2. The third-order valence-corrected chi connectivity index (χ3v) is 5.58. The van der Waals surface area contributed by atoms with E-state index in [1.54, 1.807) is 0 Å². The highest BCUT2D eigenvalue weighted by atomic mass is 35.5. The van der Waals surface area contributed by atoms with Gasteiger partial charge in [0.1, 0.15) is 0 Å². The molecule has 2 bridgehead atoms. The maximum atomic E-state index is 12.5. The van der Waals surface area contributed by atoms with Crippen molar-refractivity contribution in [1.29, 1.82) is 0 Å². The van der Waals surface area contributed by atoms with E-state index >= 15 is 0 Å². The van der Waals surface area contributed by atoms with Crippen LogP contribution >= 0.6 is 12.4 Å². The molecule has 2 saturated carbocycles. The smallest absolute Gasteiger partial charge is 0.223 e. The fraction of sp³-hybridized carbons (Fsp3) is 0.938. The molecule has 1 aliphatic heterocycles. The highest BCUT2D eigenvalue weighted by Gasteiger charge is 2.40. The van der Waals surface area contributed by atoms with Crippen molar-refractivity contribution < 1.29 is 9.53 Å². The molecular formula is C16H29ClN2O2. The Morgan fingerprint density at radius 1 is 1.00 bits per heavy atom. The minimum atomic E-state index is 0. The molecule has 122 valence electrons. The number of halogens is 1. The van der Waals surface area contributed by atoms with E-state index in [0.717, 1.165) is 45.3 Å². The molecule has 4 nitrogen and oxygen atoms in total. The molecule has 2 aliphatic carbocycles. The van der Waals surface area contributed by atoms with Gasteiger partial charge in [-0.1, -0.05) is 6.42 Å². The second-order valence-corrected chi connectivity index (χ2v) is 6.95. The Labute approximate surface area is 134 Å². The van der Waals surface area contributed by atoms with E-state index in [4.69, 9.17) is 10.5 Å². The van der Waals surface area contributed by atoms with E-state index < -0.39 is 0 Å². The van der Waals surface area contributed by atoms with Crippen LogP contribution in [0.2, 0.25) is 0 Å². The van der Waals surface area contributed by atoms with Crippen LogP contribution in [0.15, 0.2) is 0 Å². The van der Waals surface area contributed by atoms with Crippen molar-refractivity contribution in [2.24, 2.45) is 23.5 Å². The van der Waals surface area contributed by atoms with Crippen molar-refractivity contribution >= 4 is 18.3 Å². The Morgan fingerprint density at radius 2 is 1.71 bits per heavy atom. The Kier molecular flexibility index (Phi) is 6.33. The SMILES string of the molecule is Cl.NC1C2CCCC1CC(C(=O)NC1CCCOCC1)C2. The lowest BCUT2D eigenvalue weighted by molar-refractivity contribution is -0.128. The van der Waals surface area contributed by atoms with Crippen LogP contribution in [0.1, 0.15) is 51.4 Å². The van der Waals surface area contributed by atoms with Crippen LogP contribution in [0.5, 0.6) is 0 Å². The maximum Gasteiger partial charge on any atom is 0.223 e. The van der Waals surface area contributed by atoms with Crippen LogP contribution in [0.3, 0.4) is 0 Å². The van der Waals surface area contributed by atoms with Crippen LogP contribution in [0.25, 0.3) is 0 Å². The minimum Gasteiger partial charge on any atom is -0.381 e. The summed E-state index contributed by atoms with van der Waals surface area (Å²) in [5, 5.41) is 3.27. The number of ether oxygens (including phenoxy) is 1. The molecule has 1 heterocycles. The summed E-state index contributed by atoms with van der Waals surface area (Å²) in [6, 6.07) is 0.666. The summed E-state index contributed by atoms with van der Waals surface area (Å²) in [7, 11) is 0. The lowest BCUT2D eigenvalue weighted by Crippen LogP contribution is -2.50. The summed E-state index contributed by atoms with van der Waals surface area (Å²) < 4.78 is 5.46. The average molecular weight is 317 g/mol. The topological polar surface area (TPSA) is 64.4 Å². The molecule has 3 aliphatic rings. The van der Waals surface area contributed by atoms with E-state index in [-0.39, 0.29) is 24.2 Å². The van der Waals surface area contributed by atoms with Crippen molar-refractivity contribution in [3.05, 3.63) is 0 Å². The lowest BCUT2D eigenvalue weighted by atomic mass is 9.65. The van der Waals surface area contributed by atoms with Gasteiger partial charge in [0.25, 0.3) is 0 Å². The third kappa shape index (κ3) is 4.11. The molecular weight excluding hydrogens is 288 g/mol. The van der Waals surface area contributed by atoms with Gasteiger partial charge in [-0.3, -0.25) is 4.79 Å². The van der Waals surface area contributed by atoms with Gasteiger partial charge in [-0.05, 0) is 56.8 Å². The van der Waals surface area contributed by atoms with Crippen LogP contribution in [-0.2, 0) is 9.53 Å². The van der Waals surface area contributed by atoms with E-state index in [9.17, 15) is 4.79 Å². The van der Waals surface area contributed by atoms with Crippen molar-refractivity contribution in [2.75, 3.05) is 13.2 Å². The number of amides is 1. The van der Waals surface area contributed by atoms with Gasteiger partial charge in [0.05, 0.1) is 0 Å². The van der Waals surface area contributed by atoms with Crippen LogP contribution in [0.4, 0.5) is 0 Å². The number of nitrogens with two attached hydrogens (primary N) is 1. The van der Waals surface area contributed by atoms with Crippen molar-refractivity contribution in [3.63, 3.8) is 0 Å². The van der Waals surface area contributed by atoms with E-state index in [2.05, 4.69) is 5.32 Å². The number of rotatable bonds is 2. The molecule has 5 heteroatoms. The summed E-state index contributed by atoms with van der Waals surface area (Å²) in [4.78, 5) is 12.5. The van der Waals surface area contributed by atoms with Gasteiger partial charge in [-0.15, -0.1) is 12.4 Å². The minimum absolute atomic E-state index is 0. The van der Waals surface area contributed by atoms with Crippen LogP contribution in [-0.4, -0.2) is 31.2 Å². The van der Waals surface area contributed by atoms with Crippen molar-refractivity contribution in [3.8, 4) is 0 Å². The number of hydrogen-bond acceptors (Lipinski definition) is 3. The molecule has 1 amide bonds. The second-order valence-electron chi connectivity index (χ2n) is 6.95. The summed E-state index contributed by atoms with van der Waals surface area (Å²) in [6.45, 7) is 1.63. The zero-order chi connectivity index (χ0) is 13.9. The highest BCUT2D eigenvalue weighted by molar-refractivity contribution is 5.85. The van der Waals surface area contributed by atoms with Gasteiger partial charge in [0.15, 0.2) is 0 Å². The lowest BCUT2D eigenvalue weighted by Gasteiger charge is -2.43. The maximum absolute atomic E-state index is 12.5. The summed E-state index contributed by atoms with van der Waals surface area (Å²) >= 11 is 0. The van der Waals surface area contributed by atoms with Gasteiger partial charge >= 0.3 is 0 Å². The largest absolute Gasteiger partial charge is 0.381 e. The fourth-order valence-electron chi connectivity index (χ4n) is 4.37. The highest BCUT2D eigenvalue weighted by Crippen LogP contribution is 2.41. The summed E-state index contributed by atoms with van der Waals surface area (Å²) in [5.41, 5.74) is 6.30. The normalized spacial score (nSPS) is 39.8. The molecule has 0 aromatic rings. The number of carbonyl (C=O) groups excluding carboxylic acids is 1. The quantitative estimate of drug-likeness (QED) is 0.821. The predicted octanol–water partition coefficient (Wildman–Crippen LogP) is 2.25. The van der Waals surface area contributed by atoms with Crippen molar-refractivity contribution in [2.45, 2.75) is 63.5 Å². The van der Waals surface area contributed by atoms with E-state index in [0.29, 0.717) is 23.9 Å². The predicted molar refractivity (Wildman–Crippen MR) is 85.4 cm³/mol. The molecule has 0 aromatic carbocycles. The molecule has 3 atom stereocenters. The molecule has 0 spiro atoms. The first-order chi connectivity index (χ1) is 9.74. The molecule has 0 aromatic heterocycles. The van der Waals surface area contributed by atoms with Gasteiger partial charge in [-0.25, -0.2) is 0 Å². The van der Waals surface area contributed by atoms with Gasteiger partial charge in [0, 0.05) is 31.2 Å². The standard InChI is InChI=1S/C16H28N2O2.ClH/c17-15-11-3-1-4-12(15)10-13(9-11)16(19)18-14-5-2-7-20-8-6-14;/h11-15H,1-10,17H2,(H,18,19);1H. The summed E-state index contributed by atoms with van der Waals surface area (Å²) in [5.74, 6) is 1.64. The third-order valence-electron chi connectivity index (χ3n) is 5.58. The molecule has 3 N–H and O–H groups in total. The molecule has 21 heavy (non-hydrogen) atoms. The fourth-order valence-corrected chi connectivity index (χ4v) is 4.37. The molecule has 1 saturated heterocycles. The molecule has 3 fully saturated rings. The average Bonchev–Trinajstić information content (AvgIpc) is 2.67. The van der Waals surface area contributed by atoms with E-state index in [1.165, 1.54) is 19.3 Å². The number of fused-ring (bicyclic) bond motifs is 2. The molecule has 0 radical (unpaired) electrons. The Morgan fingerprint density at radius 3 is 2.43 bits per heavy atom. The number of carbonyl (C=O) groups is 1. The van der Waals surface area contributed by atoms with Gasteiger partial charge < -0.3 is 15.8 Å². The zero-order valence-corrected chi connectivity index (χ0v) is 13.6. The molecule has 3 unspecified atom stereocenters. The first-order valence-electron chi connectivity index (χ1n) is 8.37. The monoisotopic (exact) mass is 316 g/mol. The summed E-state index contributed by atoms with van der Waals surface area (Å²) in [6.07, 6.45) is 8.84. The molecule has 3 rings (SSSR count). The van der Waals surface area contributed by atoms with Crippen LogP contribution < -0.4 is 11.1 Å². The Hall–Kier alpha value is -0.320. The van der Waals surface area contributed by atoms with Crippen molar-refractivity contribution in [1.82, 2.24) is 5.32 Å². The Bertz CT molecular complexity index is 331. The first kappa shape index (κ1) is 17.0. The number of nitrogens with one attached hydrogen (secondary N) is 1. The van der Waals surface area contributed by atoms with E-state index in [1.807, 2.05) is 0 Å². The van der Waals surface area contributed by atoms with Gasteiger partial charge in [0.2, 0.25) is 5.91 Å². The van der Waals surface area contributed by atoms with Gasteiger partial charge in [-0.2, -0.15) is 0 Å². The first-order valence-corrected chi connectivity index (χ1v) is 8.37. The second kappa shape index (κ2) is 7.80.